The highest BCUT2D eigenvalue weighted by Gasteiger charge is 2.30. The van der Waals surface area contributed by atoms with Gasteiger partial charge in [-0.15, -0.1) is 0 Å². The molecule has 12 nitrogen and oxygen atoms in total. The fourth-order valence-electron chi connectivity index (χ4n) is 2.89. The lowest BCUT2D eigenvalue weighted by Crippen LogP contribution is -2.57. The molecule has 0 aliphatic rings. The Morgan fingerprint density at radius 2 is 1.39 bits per heavy atom. The lowest BCUT2D eigenvalue weighted by molar-refractivity contribution is -0.142. The predicted molar refractivity (Wildman–Crippen MR) is 124 cm³/mol. The van der Waals surface area contributed by atoms with Crippen LogP contribution in [-0.2, 0) is 24.0 Å². The average molecular weight is 492 g/mol. The maximum absolute atomic E-state index is 12.7. The van der Waals surface area contributed by atoms with Crippen molar-refractivity contribution >= 4 is 42.3 Å². The van der Waals surface area contributed by atoms with Crippen LogP contribution >= 0.6 is 12.6 Å². The summed E-state index contributed by atoms with van der Waals surface area (Å²) in [6.07, 6.45) is 1.18. The summed E-state index contributed by atoms with van der Waals surface area (Å²) in [5.41, 5.74) is 11.2. The molecular formula is C20H37N5O7S. The van der Waals surface area contributed by atoms with Gasteiger partial charge in [0.1, 0.15) is 18.1 Å². The highest BCUT2D eigenvalue weighted by Crippen LogP contribution is 2.07. The maximum Gasteiger partial charge on any atom is 0.326 e. The molecule has 0 radical (unpaired) electrons. The van der Waals surface area contributed by atoms with Crippen molar-refractivity contribution in [3.05, 3.63) is 0 Å². The molecule has 0 aromatic carbocycles. The summed E-state index contributed by atoms with van der Waals surface area (Å²) < 4.78 is 0. The van der Waals surface area contributed by atoms with Crippen LogP contribution in [0.25, 0.3) is 0 Å². The van der Waals surface area contributed by atoms with E-state index in [1.807, 2.05) is 0 Å². The number of carbonyl (C=O) groups excluding carboxylic acids is 3. The van der Waals surface area contributed by atoms with Gasteiger partial charge < -0.3 is 37.6 Å². The van der Waals surface area contributed by atoms with Crippen LogP contribution in [-0.4, -0.2) is 76.3 Å². The van der Waals surface area contributed by atoms with E-state index in [4.69, 9.17) is 16.6 Å². The summed E-state index contributed by atoms with van der Waals surface area (Å²) in [5, 5.41) is 25.5. The van der Waals surface area contributed by atoms with E-state index in [9.17, 15) is 29.1 Å². The van der Waals surface area contributed by atoms with Crippen molar-refractivity contribution in [2.75, 3.05) is 12.3 Å². The molecule has 0 fully saturated rings. The first-order chi connectivity index (χ1) is 15.4. The summed E-state index contributed by atoms with van der Waals surface area (Å²) in [6.45, 7) is 4.05. The number of nitrogens with one attached hydrogen (secondary N) is 3. The lowest BCUT2D eigenvalue weighted by atomic mass is 10.0. The van der Waals surface area contributed by atoms with E-state index in [1.54, 1.807) is 13.8 Å². The third-order valence-corrected chi connectivity index (χ3v) is 5.09. The lowest BCUT2D eigenvalue weighted by Gasteiger charge is -2.24. The Morgan fingerprint density at radius 3 is 1.88 bits per heavy atom. The van der Waals surface area contributed by atoms with Gasteiger partial charge in [-0.25, -0.2) is 4.79 Å². The highest BCUT2D eigenvalue weighted by molar-refractivity contribution is 7.80. The molecule has 0 saturated carbocycles. The zero-order valence-corrected chi connectivity index (χ0v) is 20.0. The van der Waals surface area contributed by atoms with Gasteiger partial charge in [-0.1, -0.05) is 20.3 Å². The van der Waals surface area contributed by atoms with E-state index in [0.29, 0.717) is 25.8 Å². The first kappa shape index (κ1) is 30.6. The van der Waals surface area contributed by atoms with Crippen LogP contribution in [0.4, 0.5) is 0 Å². The highest BCUT2D eigenvalue weighted by atomic mass is 32.1. The van der Waals surface area contributed by atoms with Gasteiger partial charge in [0, 0.05) is 12.2 Å². The number of thiol groups is 1. The van der Waals surface area contributed by atoms with Crippen molar-refractivity contribution < 1.29 is 34.2 Å². The molecule has 0 spiro atoms. The van der Waals surface area contributed by atoms with Crippen LogP contribution in [0.2, 0.25) is 0 Å². The summed E-state index contributed by atoms with van der Waals surface area (Å²) in [5.74, 6) is -4.72. The molecule has 0 heterocycles. The Hall–Kier alpha value is -2.38. The van der Waals surface area contributed by atoms with E-state index in [-0.39, 0.29) is 24.5 Å². The summed E-state index contributed by atoms with van der Waals surface area (Å²) >= 11 is 4.04. The molecule has 0 bridgehead atoms. The number of hydrogen-bond donors (Lipinski definition) is 8. The Labute approximate surface area is 199 Å². The molecule has 0 aliphatic heterocycles. The fraction of sp³-hybridized carbons (Fsp3) is 0.750. The number of carboxylic acids is 2. The zero-order valence-electron chi connectivity index (χ0n) is 19.1. The van der Waals surface area contributed by atoms with Gasteiger partial charge in [-0.2, -0.15) is 12.6 Å². The van der Waals surface area contributed by atoms with Gasteiger partial charge in [0.25, 0.3) is 0 Å². The number of nitrogens with two attached hydrogens (primary N) is 2. The minimum Gasteiger partial charge on any atom is -0.481 e. The number of carbonyl (C=O) groups is 5. The van der Waals surface area contributed by atoms with Crippen molar-refractivity contribution in [2.45, 2.75) is 76.5 Å². The van der Waals surface area contributed by atoms with E-state index in [0.717, 1.165) is 0 Å². The topological polar surface area (TPSA) is 214 Å². The molecule has 0 rings (SSSR count). The summed E-state index contributed by atoms with van der Waals surface area (Å²) in [7, 11) is 0. The quantitative estimate of drug-likeness (QED) is 0.0906. The molecule has 0 aromatic heterocycles. The van der Waals surface area contributed by atoms with Gasteiger partial charge in [-0.3, -0.25) is 19.2 Å². The minimum absolute atomic E-state index is 0.000106. The molecule has 0 aromatic rings. The van der Waals surface area contributed by atoms with Crippen LogP contribution in [0.3, 0.4) is 0 Å². The third kappa shape index (κ3) is 13.0. The Bertz CT molecular complexity index is 677. The smallest absolute Gasteiger partial charge is 0.326 e. The van der Waals surface area contributed by atoms with Gasteiger partial charge in [0.15, 0.2) is 0 Å². The van der Waals surface area contributed by atoms with Crippen LogP contribution in [0.5, 0.6) is 0 Å². The Kier molecular flexibility index (Phi) is 15.1. The molecule has 33 heavy (non-hydrogen) atoms. The van der Waals surface area contributed by atoms with Crippen LogP contribution in [0.1, 0.15) is 52.4 Å². The van der Waals surface area contributed by atoms with Crippen molar-refractivity contribution in [1.82, 2.24) is 16.0 Å². The monoisotopic (exact) mass is 491 g/mol. The van der Waals surface area contributed by atoms with E-state index in [2.05, 4.69) is 28.6 Å². The standard InChI is InChI=1S/C20H37N5O7S/c1-11(2)9-14(20(31)32)24-19(30)15(10-33)25-18(29)13(6-7-16(26)27)23-17(28)12(22)5-3-4-8-21/h11-15,33H,3-10,21-22H2,1-2H3,(H,23,28)(H,24,30)(H,25,29)(H,26,27)(H,31,32). The molecule has 3 amide bonds. The summed E-state index contributed by atoms with van der Waals surface area (Å²) in [6, 6.07) is -4.51. The Morgan fingerprint density at radius 1 is 0.848 bits per heavy atom. The number of amides is 3. The second kappa shape index (κ2) is 16.3. The number of unbranched alkanes of at least 4 members (excludes halogenated alkanes) is 1. The molecule has 13 heteroatoms. The van der Waals surface area contributed by atoms with Crippen molar-refractivity contribution in [1.29, 1.82) is 0 Å². The average Bonchev–Trinajstić information content (AvgIpc) is 2.73. The molecule has 9 N–H and O–H groups in total. The van der Waals surface area contributed by atoms with Crippen molar-refractivity contribution in [3.8, 4) is 0 Å². The van der Waals surface area contributed by atoms with Crippen LogP contribution < -0.4 is 27.4 Å². The SMILES string of the molecule is CC(C)CC(NC(=O)C(CS)NC(=O)C(CCC(=O)O)NC(=O)C(N)CCCCN)C(=O)O. The molecule has 4 unspecified atom stereocenters. The minimum atomic E-state index is -1.25. The van der Waals surface area contributed by atoms with Gasteiger partial charge in [-0.05, 0) is 38.1 Å². The summed E-state index contributed by atoms with van der Waals surface area (Å²) in [4.78, 5) is 60.0. The molecule has 0 aliphatic carbocycles. The van der Waals surface area contributed by atoms with Crippen LogP contribution in [0, 0.1) is 5.92 Å². The van der Waals surface area contributed by atoms with Crippen LogP contribution in [0.15, 0.2) is 0 Å². The molecule has 190 valence electrons. The van der Waals surface area contributed by atoms with Crippen molar-refractivity contribution in [3.63, 3.8) is 0 Å². The Balaban J connectivity index is 5.24. The van der Waals surface area contributed by atoms with E-state index in [1.165, 1.54) is 0 Å². The second-order valence-corrected chi connectivity index (χ2v) is 8.52. The van der Waals surface area contributed by atoms with Gasteiger partial charge >= 0.3 is 11.9 Å². The number of hydrogen-bond acceptors (Lipinski definition) is 8. The largest absolute Gasteiger partial charge is 0.481 e. The number of rotatable bonds is 17. The van der Waals surface area contributed by atoms with Gasteiger partial charge in [0.05, 0.1) is 6.04 Å². The number of aliphatic carboxylic acids is 2. The molecule has 0 saturated heterocycles. The molecule has 4 atom stereocenters. The van der Waals surface area contributed by atoms with E-state index < -0.39 is 60.2 Å². The second-order valence-electron chi connectivity index (χ2n) is 8.16. The first-order valence-corrected chi connectivity index (χ1v) is 11.5. The normalized spacial score (nSPS) is 14.6. The third-order valence-electron chi connectivity index (χ3n) is 4.72. The van der Waals surface area contributed by atoms with Gasteiger partial charge in [0.2, 0.25) is 17.7 Å². The van der Waals surface area contributed by atoms with Crippen molar-refractivity contribution in [2.24, 2.45) is 17.4 Å². The molecular weight excluding hydrogens is 454 g/mol. The first-order valence-electron chi connectivity index (χ1n) is 10.8. The maximum atomic E-state index is 12.7. The number of carboxylic acid groups (broad SMARTS) is 2. The fourth-order valence-corrected chi connectivity index (χ4v) is 3.14. The van der Waals surface area contributed by atoms with E-state index >= 15 is 0 Å². The predicted octanol–water partition coefficient (Wildman–Crippen LogP) is -1.18. The zero-order chi connectivity index (χ0) is 25.6.